The second-order valence-corrected chi connectivity index (χ2v) is 5.16. The molecule has 0 aromatic heterocycles. The monoisotopic (exact) mass is 155 g/mol. The molecule has 1 rings (SSSR count). The van der Waals surface area contributed by atoms with E-state index in [0.29, 0.717) is 5.41 Å². The first-order valence-corrected chi connectivity index (χ1v) is 4.70. The molecule has 1 aliphatic rings. The number of hydrogen-bond donors (Lipinski definition) is 1. The van der Waals surface area contributed by atoms with Gasteiger partial charge in [0.2, 0.25) is 0 Å². The SMILES string of the molecule is CC1CNCC1CC(C)(C)C. The van der Waals surface area contributed by atoms with Crippen LogP contribution >= 0.6 is 0 Å². The number of nitrogens with one attached hydrogen (secondary N) is 1. The fourth-order valence-electron chi connectivity index (χ4n) is 1.92. The van der Waals surface area contributed by atoms with Crippen LogP contribution in [0.2, 0.25) is 0 Å². The van der Waals surface area contributed by atoms with Crippen LogP contribution in [-0.2, 0) is 0 Å². The van der Waals surface area contributed by atoms with E-state index in [9.17, 15) is 0 Å². The molecule has 1 saturated heterocycles. The summed E-state index contributed by atoms with van der Waals surface area (Å²) in [4.78, 5) is 0. The van der Waals surface area contributed by atoms with Crippen LogP contribution in [0.4, 0.5) is 0 Å². The minimum atomic E-state index is 0.505. The molecule has 0 amide bonds. The summed E-state index contributed by atoms with van der Waals surface area (Å²) in [7, 11) is 0. The Morgan fingerprint density at radius 2 is 1.91 bits per heavy atom. The van der Waals surface area contributed by atoms with Gasteiger partial charge in [-0.1, -0.05) is 27.7 Å². The highest BCUT2D eigenvalue weighted by Crippen LogP contribution is 2.30. The molecule has 0 spiro atoms. The first kappa shape index (κ1) is 9.05. The van der Waals surface area contributed by atoms with Crippen molar-refractivity contribution < 1.29 is 0 Å². The summed E-state index contributed by atoms with van der Waals surface area (Å²) in [6, 6.07) is 0. The Morgan fingerprint density at radius 1 is 1.27 bits per heavy atom. The van der Waals surface area contributed by atoms with Gasteiger partial charge in [-0.25, -0.2) is 0 Å². The Kier molecular flexibility index (Phi) is 2.58. The Bertz CT molecular complexity index is 123. The zero-order valence-corrected chi connectivity index (χ0v) is 8.28. The van der Waals surface area contributed by atoms with Crippen molar-refractivity contribution in [3.63, 3.8) is 0 Å². The Morgan fingerprint density at radius 3 is 2.27 bits per heavy atom. The third-order valence-electron chi connectivity index (χ3n) is 2.55. The zero-order chi connectivity index (χ0) is 8.48. The third kappa shape index (κ3) is 2.82. The van der Waals surface area contributed by atoms with Gasteiger partial charge in [-0.05, 0) is 36.8 Å². The smallest absolute Gasteiger partial charge is 0.00172 e. The van der Waals surface area contributed by atoms with E-state index < -0.39 is 0 Å². The average molecular weight is 155 g/mol. The van der Waals surface area contributed by atoms with Crippen molar-refractivity contribution in [2.75, 3.05) is 13.1 Å². The van der Waals surface area contributed by atoms with Gasteiger partial charge in [0.05, 0.1) is 0 Å². The molecule has 66 valence electrons. The van der Waals surface area contributed by atoms with Crippen molar-refractivity contribution in [1.82, 2.24) is 5.32 Å². The van der Waals surface area contributed by atoms with Gasteiger partial charge in [-0.2, -0.15) is 0 Å². The highest BCUT2D eigenvalue weighted by molar-refractivity contribution is 4.81. The van der Waals surface area contributed by atoms with Gasteiger partial charge in [0.25, 0.3) is 0 Å². The van der Waals surface area contributed by atoms with Crippen molar-refractivity contribution in [3.8, 4) is 0 Å². The summed E-state index contributed by atoms with van der Waals surface area (Å²) in [6.45, 7) is 11.8. The molecule has 2 atom stereocenters. The maximum absolute atomic E-state index is 3.44. The summed E-state index contributed by atoms with van der Waals surface area (Å²) in [5.74, 6) is 1.80. The quantitative estimate of drug-likeness (QED) is 0.612. The Labute approximate surface area is 70.6 Å². The van der Waals surface area contributed by atoms with Crippen LogP contribution in [0.5, 0.6) is 0 Å². The lowest BCUT2D eigenvalue weighted by molar-refractivity contribution is 0.272. The summed E-state index contributed by atoms with van der Waals surface area (Å²) >= 11 is 0. The topological polar surface area (TPSA) is 12.0 Å². The van der Waals surface area contributed by atoms with E-state index in [4.69, 9.17) is 0 Å². The van der Waals surface area contributed by atoms with E-state index in [0.717, 1.165) is 11.8 Å². The van der Waals surface area contributed by atoms with Crippen LogP contribution in [0.25, 0.3) is 0 Å². The van der Waals surface area contributed by atoms with Crippen LogP contribution in [0.1, 0.15) is 34.1 Å². The molecule has 1 aliphatic heterocycles. The van der Waals surface area contributed by atoms with Gasteiger partial charge in [-0.15, -0.1) is 0 Å². The molecule has 1 heteroatoms. The van der Waals surface area contributed by atoms with E-state index in [1.807, 2.05) is 0 Å². The van der Waals surface area contributed by atoms with E-state index >= 15 is 0 Å². The average Bonchev–Trinajstić information content (AvgIpc) is 2.12. The van der Waals surface area contributed by atoms with Crippen molar-refractivity contribution in [2.45, 2.75) is 34.1 Å². The minimum Gasteiger partial charge on any atom is -0.316 e. The van der Waals surface area contributed by atoms with Gasteiger partial charge < -0.3 is 5.32 Å². The molecule has 1 nitrogen and oxygen atoms in total. The molecule has 0 aliphatic carbocycles. The molecular formula is C10H21N. The molecule has 0 bridgehead atoms. The fourth-order valence-corrected chi connectivity index (χ4v) is 1.92. The van der Waals surface area contributed by atoms with Crippen molar-refractivity contribution in [2.24, 2.45) is 17.3 Å². The lowest BCUT2D eigenvalue weighted by Gasteiger charge is -2.24. The Hall–Kier alpha value is -0.0400. The van der Waals surface area contributed by atoms with Gasteiger partial charge in [0, 0.05) is 0 Å². The van der Waals surface area contributed by atoms with Gasteiger partial charge >= 0.3 is 0 Å². The Balaban J connectivity index is 2.37. The van der Waals surface area contributed by atoms with E-state index in [1.165, 1.54) is 19.5 Å². The van der Waals surface area contributed by atoms with Crippen molar-refractivity contribution in [1.29, 1.82) is 0 Å². The van der Waals surface area contributed by atoms with Crippen LogP contribution in [0.15, 0.2) is 0 Å². The maximum atomic E-state index is 3.44. The largest absolute Gasteiger partial charge is 0.316 e. The molecule has 11 heavy (non-hydrogen) atoms. The van der Waals surface area contributed by atoms with E-state index in [2.05, 4.69) is 33.0 Å². The lowest BCUT2D eigenvalue weighted by Crippen LogP contribution is -2.18. The van der Waals surface area contributed by atoms with Crippen LogP contribution < -0.4 is 5.32 Å². The molecule has 2 unspecified atom stereocenters. The second kappa shape index (κ2) is 3.14. The van der Waals surface area contributed by atoms with Gasteiger partial charge in [0.15, 0.2) is 0 Å². The lowest BCUT2D eigenvalue weighted by atomic mass is 9.81. The zero-order valence-electron chi connectivity index (χ0n) is 8.28. The highest BCUT2D eigenvalue weighted by atomic mass is 14.9. The predicted octanol–water partition coefficient (Wildman–Crippen LogP) is 2.28. The first-order chi connectivity index (χ1) is 4.99. The van der Waals surface area contributed by atoms with Crippen molar-refractivity contribution in [3.05, 3.63) is 0 Å². The van der Waals surface area contributed by atoms with Gasteiger partial charge in [-0.3, -0.25) is 0 Å². The molecule has 1 heterocycles. The van der Waals surface area contributed by atoms with Gasteiger partial charge in [0.1, 0.15) is 0 Å². The van der Waals surface area contributed by atoms with E-state index in [1.54, 1.807) is 0 Å². The van der Waals surface area contributed by atoms with Crippen LogP contribution in [0, 0.1) is 17.3 Å². The maximum Gasteiger partial charge on any atom is -0.00172 e. The first-order valence-electron chi connectivity index (χ1n) is 4.70. The normalized spacial score (nSPS) is 32.7. The van der Waals surface area contributed by atoms with Crippen LogP contribution in [0.3, 0.4) is 0 Å². The predicted molar refractivity (Wildman–Crippen MR) is 49.6 cm³/mol. The number of rotatable bonds is 1. The standard InChI is InChI=1S/C10H21N/c1-8-6-11-7-9(8)5-10(2,3)4/h8-9,11H,5-7H2,1-4H3. The summed E-state index contributed by atoms with van der Waals surface area (Å²) in [5, 5.41) is 3.44. The molecule has 0 saturated carbocycles. The van der Waals surface area contributed by atoms with Crippen molar-refractivity contribution >= 4 is 0 Å². The highest BCUT2D eigenvalue weighted by Gasteiger charge is 2.27. The number of hydrogen-bond acceptors (Lipinski definition) is 1. The molecule has 0 aromatic carbocycles. The summed E-state index contributed by atoms with van der Waals surface area (Å²) in [5.41, 5.74) is 0.505. The molecule has 1 N–H and O–H groups in total. The molecule has 1 fully saturated rings. The molecule has 0 radical (unpaired) electrons. The third-order valence-corrected chi connectivity index (χ3v) is 2.55. The minimum absolute atomic E-state index is 0.505. The summed E-state index contributed by atoms with van der Waals surface area (Å²) in [6.07, 6.45) is 1.36. The second-order valence-electron chi connectivity index (χ2n) is 5.16. The van der Waals surface area contributed by atoms with Crippen LogP contribution in [-0.4, -0.2) is 13.1 Å². The van der Waals surface area contributed by atoms with E-state index in [-0.39, 0.29) is 0 Å². The fraction of sp³-hybridized carbons (Fsp3) is 1.00. The molecule has 0 aromatic rings. The summed E-state index contributed by atoms with van der Waals surface area (Å²) < 4.78 is 0. The molecular weight excluding hydrogens is 134 g/mol.